The van der Waals surface area contributed by atoms with Crippen molar-refractivity contribution in [3.63, 3.8) is 0 Å². The minimum Gasteiger partial charge on any atom is -0.493 e. The van der Waals surface area contributed by atoms with Crippen LogP contribution in [0.5, 0.6) is 11.5 Å². The van der Waals surface area contributed by atoms with Crippen LogP contribution in [0, 0.1) is 12.3 Å². The highest BCUT2D eigenvalue weighted by atomic mass is 32.2. The Hall–Kier alpha value is -2.00. The van der Waals surface area contributed by atoms with Crippen LogP contribution in [0.15, 0.2) is 12.1 Å². The molecule has 0 bridgehead atoms. The van der Waals surface area contributed by atoms with E-state index in [0.717, 1.165) is 5.75 Å². The first-order valence-electron chi connectivity index (χ1n) is 5.95. The summed E-state index contributed by atoms with van der Waals surface area (Å²) in [5.74, 6) is 4.62. The van der Waals surface area contributed by atoms with Crippen LogP contribution in [0.4, 0.5) is 5.69 Å². The molecule has 6 heteroatoms. The average Bonchev–Trinajstić information content (AvgIpc) is 2.46. The fourth-order valence-corrected chi connectivity index (χ4v) is 2.06. The number of amides is 1. The number of rotatable bonds is 7. The number of methoxy groups -OCH3 is 2. The summed E-state index contributed by atoms with van der Waals surface area (Å²) in [7, 11) is 3.02. The van der Waals surface area contributed by atoms with Crippen molar-refractivity contribution in [3.05, 3.63) is 17.7 Å². The van der Waals surface area contributed by atoms with E-state index in [4.69, 9.17) is 21.6 Å². The lowest BCUT2D eigenvalue weighted by molar-refractivity contribution is 0.0956. The van der Waals surface area contributed by atoms with Gasteiger partial charge in [-0.15, -0.1) is 18.2 Å². The van der Waals surface area contributed by atoms with Crippen molar-refractivity contribution < 1.29 is 14.3 Å². The van der Waals surface area contributed by atoms with Gasteiger partial charge in [0.25, 0.3) is 5.91 Å². The largest absolute Gasteiger partial charge is 0.493 e. The van der Waals surface area contributed by atoms with E-state index >= 15 is 0 Å². The second kappa shape index (κ2) is 8.23. The van der Waals surface area contributed by atoms with Crippen molar-refractivity contribution in [3.8, 4) is 23.8 Å². The van der Waals surface area contributed by atoms with Crippen LogP contribution in [-0.4, -0.2) is 38.2 Å². The van der Waals surface area contributed by atoms with E-state index in [1.54, 1.807) is 23.9 Å². The normalized spacial score (nSPS) is 9.65. The average molecular weight is 294 g/mol. The van der Waals surface area contributed by atoms with Crippen LogP contribution in [0.2, 0.25) is 0 Å². The predicted molar refractivity (Wildman–Crippen MR) is 82.4 cm³/mol. The van der Waals surface area contributed by atoms with Crippen LogP contribution < -0.4 is 20.5 Å². The third-order valence-corrected chi connectivity index (χ3v) is 3.38. The van der Waals surface area contributed by atoms with E-state index in [1.165, 1.54) is 14.2 Å². The van der Waals surface area contributed by atoms with Gasteiger partial charge in [0, 0.05) is 24.1 Å². The third-order valence-electron chi connectivity index (χ3n) is 2.52. The molecule has 0 fully saturated rings. The summed E-state index contributed by atoms with van der Waals surface area (Å²) < 4.78 is 10.3. The minimum atomic E-state index is -0.246. The number of hydrogen-bond donors (Lipinski definition) is 2. The van der Waals surface area contributed by atoms with Crippen molar-refractivity contribution in [2.24, 2.45) is 0 Å². The molecule has 0 unspecified atom stereocenters. The van der Waals surface area contributed by atoms with Crippen molar-refractivity contribution in [2.75, 3.05) is 38.0 Å². The molecule has 5 nitrogen and oxygen atoms in total. The maximum absolute atomic E-state index is 12.0. The van der Waals surface area contributed by atoms with Crippen LogP contribution in [0.1, 0.15) is 10.4 Å². The smallest absolute Gasteiger partial charge is 0.253 e. The first kappa shape index (κ1) is 16.1. The first-order chi connectivity index (χ1) is 9.63. The van der Waals surface area contributed by atoms with Crippen molar-refractivity contribution in [1.82, 2.24) is 5.32 Å². The summed E-state index contributed by atoms with van der Waals surface area (Å²) >= 11 is 1.58. The van der Waals surface area contributed by atoms with Gasteiger partial charge in [-0.2, -0.15) is 0 Å². The van der Waals surface area contributed by atoms with Crippen molar-refractivity contribution >= 4 is 23.4 Å². The highest BCUT2D eigenvalue weighted by Crippen LogP contribution is 2.31. The Bertz CT molecular complexity index is 512. The number of thioether (sulfide) groups is 1. The lowest BCUT2D eigenvalue weighted by atomic mass is 10.1. The number of nitrogens with two attached hydrogens (primary N) is 1. The molecule has 0 aliphatic heterocycles. The summed E-state index contributed by atoms with van der Waals surface area (Å²) in [5.41, 5.74) is 6.55. The van der Waals surface area contributed by atoms with E-state index in [0.29, 0.717) is 35.0 Å². The monoisotopic (exact) mass is 294 g/mol. The van der Waals surface area contributed by atoms with Gasteiger partial charge in [0.05, 0.1) is 25.5 Å². The lowest BCUT2D eigenvalue weighted by Crippen LogP contribution is -2.26. The zero-order chi connectivity index (χ0) is 15.0. The van der Waals surface area contributed by atoms with E-state index in [-0.39, 0.29) is 5.91 Å². The molecule has 0 aromatic heterocycles. The maximum Gasteiger partial charge on any atom is 0.253 e. The Balaban J connectivity index is 2.70. The van der Waals surface area contributed by atoms with E-state index in [9.17, 15) is 4.79 Å². The van der Waals surface area contributed by atoms with Gasteiger partial charge >= 0.3 is 0 Å². The number of nitrogen functional groups attached to an aromatic ring is 1. The molecular weight excluding hydrogens is 276 g/mol. The number of anilines is 1. The third kappa shape index (κ3) is 4.28. The molecule has 0 heterocycles. The molecule has 20 heavy (non-hydrogen) atoms. The molecule has 0 atom stereocenters. The maximum atomic E-state index is 12.0. The summed E-state index contributed by atoms with van der Waals surface area (Å²) in [6.07, 6.45) is 5.14. The fraction of sp³-hybridized carbons (Fsp3) is 0.357. The summed E-state index contributed by atoms with van der Waals surface area (Å²) in [6, 6.07) is 3.14. The summed E-state index contributed by atoms with van der Waals surface area (Å²) in [5, 5.41) is 2.78. The Labute approximate surface area is 123 Å². The number of carbonyl (C=O) groups is 1. The molecule has 1 aromatic carbocycles. The highest BCUT2D eigenvalue weighted by Gasteiger charge is 2.14. The molecule has 1 amide bonds. The number of terminal acetylenes is 1. The van der Waals surface area contributed by atoms with Gasteiger partial charge in [-0.25, -0.2) is 0 Å². The molecular formula is C14H18N2O3S. The molecule has 0 aliphatic rings. The van der Waals surface area contributed by atoms with E-state index in [2.05, 4.69) is 11.2 Å². The topological polar surface area (TPSA) is 73.6 Å². The second-order valence-corrected chi connectivity index (χ2v) is 4.91. The van der Waals surface area contributed by atoms with Crippen LogP contribution in [-0.2, 0) is 0 Å². The summed E-state index contributed by atoms with van der Waals surface area (Å²) in [6.45, 7) is 0.527. The molecule has 0 spiro atoms. The zero-order valence-electron chi connectivity index (χ0n) is 11.6. The molecule has 1 rings (SSSR count). The van der Waals surface area contributed by atoms with Crippen molar-refractivity contribution in [2.45, 2.75) is 0 Å². The number of nitrogens with one attached hydrogen (secondary N) is 1. The van der Waals surface area contributed by atoms with Gasteiger partial charge in [0.1, 0.15) is 0 Å². The molecule has 0 aliphatic carbocycles. The molecule has 108 valence electrons. The molecule has 1 aromatic rings. The van der Waals surface area contributed by atoms with E-state index in [1.807, 2.05) is 0 Å². The number of hydrogen-bond acceptors (Lipinski definition) is 5. The fourth-order valence-electron chi connectivity index (χ4n) is 1.55. The predicted octanol–water partition coefficient (Wildman–Crippen LogP) is 1.38. The number of benzene rings is 1. The Morgan fingerprint density at radius 2 is 2.05 bits per heavy atom. The Morgan fingerprint density at radius 1 is 1.40 bits per heavy atom. The van der Waals surface area contributed by atoms with Crippen molar-refractivity contribution in [1.29, 1.82) is 0 Å². The highest BCUT2D eigenvalue weighted by molar-refractivity contribution is 7.99. The minimum absolute atomic E-state index is 0.246. The summed E-state index contributed by atoms with van der Waals surface area (Å²) in [4.78, 5) is 12.0. The van der Waals surface area contributed by atoms with Gasteiger partial charge < -0.3 is 20.5 Å². The second-order valence-electron chi connectivity index (χ2n) is 3.81. The number of ether oxygens (including phenoxy) is 2. The van der Waals surface area contributed by atoms with Gasteiger partial charge in [-0.3, -0.25) is 4.79 Å². The quantitative estimate of drug-likeness (QED) is 0.451. The van der Waals surface area contributed by atoms with Crippen LogP contribution in [0.25, 0.3) is 0 Å². The standard InChI is InChI=1S/C14H18N2O3S/c1-4-6-20-7-5-16-14(17)10-8-12(18-2)13(19-3)9-11(10)15/h1,8-9H,5-7,15H2,2-3H3,(H,16,17). The first-order valence-corrected chi connectivity index (χ1v) is 7.10. The van der Waals surface area contributed by atoms with Gasteiger partial charge in [-0.05, 0) is 6.07 Å². The number of carbonyl (C=O) groups excluding carboxylic acids is 1. The zero-order valence-corrected chi connectivity index (χ0v) is 12.4. The molecule has 0 saturated carbocycles. The molecule has 3 N–H and O–H groups in total. The van der Waals surface area contributed by atoms with E-state index < -0.39 is 0 Å². The SMILES string of the molecule is C#CCSCCNC(=O)c1cc(OC)c(OC)cc1N. The van der Waals surface area contributed by atoms with Gasteiger partial charge in [-0.1, -0.05) is 5.92 Å². The van der Waals surface area contributed by atoms with Crippen LogP contribution >= 0.6 is 11.8 Å². The van der Waals surface area contributed by atoms with Crippen LogP contribution in [0.3, 0.4) is 0 Å². The lowest BCUT2D eigenvalue weighted by Gasteiger charge is -2.12. The van der Waals surface area contributed by atoms with Gasteiger partial charge in [0.2, 0.25) is 0 Å². The Kier molecular flexibility index (Phi) is 6.60. The Morgan fingerprint density at radius 3 is 2.65 bits per heavy atom. The van der Waals surface area contributed by atoms with Gasteiger partial charge in [0.15, 0.2) is 11.5 Å². The molecule has 0 saturated heterocycles. The molecule has 0 radical (unpaired) electrons.